The van der Waals surface area contributed by atoms with Crippen LogP contribution in [0.3, 0.4) is 0 Å². The number of ketones is 1. The van der Waals surface area contributed by atoms with Crippen molar-refractivity contribution in [2.75, 3.05) is 0 Å². The minimum Gasteiger partial charge on any atom is -0.294 e. The molecular formula is C29H35ClN2O2. The third-order valence-corrected chi connectivity index (χ3v) is 8.58. The molecule has 0 N–H and O–H groups in total. The Morgan fingerprint density at radius 1 is 1.03 bits per heavy atom. The van der Waals surface area contributed by atoms with Gasteiger partial charge in [-0.15, -0.1) is 0 Å². The van der Waals surface area contributed by atoms with Crippen molar-refractivity contribution in [3.63, 3.8) is 0 Å². The van der Waals surface area contributed by atoms with E-state index in [0.717, 1.165) is 29.2 Å². The summed E-state index contributed by atoms with van der Waals surface area (Å²) in [6.07, 6.45) is 4.62. The minimum atomic E-state index is -0.323. The van der Waals surface area contributed by atoms with Crippen LogP contribution in [0.25, 0.3) is 5.69 Å². The van der Waals surface area contributed by atoms with Gasteiger partial charge in [0.2, 0.25) is 0 Å². The van der Waals surface area contributed by atoms with Crippen LogP contribution in [0.2, 0.25) is 5.02 Å². The van der Waals surface area contributed by atoms with E-state index in [2.05, 4.69) is 27.7 Å². The molecular weight excluding hydrogens is 444 g/mol. The van der Waals surface area contributed by atoms with Crippen molar-refractivity contribution in [1.29, 1.82) is 0 Å². The monoisotopic (exact) mass is 478 g/mol. The lowest BCUT2D eigenvalue weighted by molar-refractivity contribution is -0.124. The van der Waals surface area contributed by atoms with Crippen LogP contribution >= 0.6 is 11.6 Å². The Morgan fingerprint density at radius 2 is 1.68 bits per heavy atom. The normalized spacial score (nSPS) is 24.5. The SMILES string of the molecule is CC(=O)c1cn(Cc2ccccc2)n(-c2ccc(Cl)cc2)c1=O.CC1C2CC(C[C@H]1C)C2(C)C. The molecule has 0 aliphatic heterocycles. The maximum absolute atomic E-state index is 12.6. The van der Waals surface area contributed by atoms with Crippen molar-refractivity contribution in [3.8, 4) is 5.69 Å². The second-order valence-electron chi connectivity index (χ2n) is 10.7. The molecule has 6 rings (SSSR count). The molecule has 3 unspecified atom stereocenters. The fourth-order valence-corrected chi connectivity index (χ4v) is 6.00. The van der Waals surface area contributed by atoms with Gasteiger partial charge in [0.25, 0.3) is 5.56 Å². The quantitative estimate of drug-likeness (QED) is 0.384. The van der Waals surface area contributed by atoms with Gasteiger partial charge in [0.15, 0.2) is 5.78 Å². The van der Waals surface area contributed by atoms with Crippen LogP contribution in [-0.4, -0.2) is 15.1 Å². The number of hydrogen-bond donors (Lipinski definition) is 0. The first-order valence-corrected chi connectivity index (χ1v) is 12.6. The highest BCUT2D eigenvalue weighted by molar-refractivity contribution is 6.30. The number of aromatic nitrogens is 2. The summed E-state index contributed by atoms with van der Waals surface area (Å²) in [5.74, 6) is 3.82. The zero-order chi connectivity index (χ0) is 24.6. The average Bonchev–Trinajstić information content (AvgIpc) is 3.13. The predicted molar refractivity (Wildman–Crippen MR) is 139 cm³/mol. The van der Waals surface area contributed by atoms with E-state index in [1.54, 1.807) is 35.1 Å². The van der Waals surface area contributed by atoms with Crippen LogP contribution in [0.5, 0.6) is 0 Å². The Kier molecular flexibility index (Phi) is 6.91. The largest absolute Gasteiger partial charge is 0.294 e. The molecule has 4 nitrogen and oxygen atoms in total. The van der Waals surface area contributed by atoms with Crippen LogP contribution < -0.4 is 5.56 Å². The summed E-state index contributed by atoms with van der Waals surface area (Å²) in [6, 6.07) is 16.7. The molecule has 3 saturated carbocycles. The molecule has 2 aromatic carbocycles. The highest BCUT2D eigenvalue weighted by atomic mass is 35.5. The van der Waals surface area contributed by atoms with Gasteiger partial charge in [-0.2, -0.15) is 0 Å². The van der Waals surface area contributed by atoms with Gasteiger partial charge < -0.3 is 0 Å². The van der Waals surface area contributed by atoms with Crippen molar-refractivity contribution in [2.45, 2.75) is 54.0 Å². The molecule has 1 heterocycles. The van der Waals surface area contributed by atoms with Crippen molar-refractivity contribution in [3.05, 3.63) is 87.3 Å². The summed E-state index contributed by atoms with van der Waals surface area (Å²) in [5, 5.41) is 0.592. The van der Waals surface area contributed by atoms with E-state index < -0.39 is 0 Å². The molecule has 3 aliphatic rings. The number of hydrogen-bond acceptors (Lipinski definition) is 2. The van der Waals surface area contributed by atoms with E-state index in [1.165, 1.54) is 24.4 Å². The number of carbonyl (C=O) groups excluding carboxylic acids is 1. The highest BCUT2D eigenvalue weighted by Gasteiger charge is 2.54. The fourth-order valence-electron chi connectivity index (χ4n) is 5.88. The van der Waals surface area contributed by atoms with Crippen LogP contribution in [0.15, 0.2) is 65.6 Å². The van der Waals surface area contributed by atoms with Gasteiger partial charge in [-0.3, -0.25) is 14.3 Å². The molecule has 180 valence electrons. The Labute approximate surface area is 207 Å². The fraction of sp³-hybridized carbons (Fsp3) is 0.448. The summed E-state index contributed by atoms with van der Waals surface area (Å²) < 4.78 is 3.25. The van der Waals surface area contributed by atoms with Crippen molar-refractivity contribution >= 4 is 17.4 Å². The Balaban J connectivity index is 0.000000207. The van der Waals surface area contributed by atoms with Crippen molar-refractivity contribution in [1.82, 2.24) is 9.36 Å². The number of halogens is 1. The van der Waals surface area contributed by atoms with Gasteiger partial charge in [0.1, 0.15) is 5.56 Å². The number of carbonyl (C=O) groups is 1. The van der Waals surface area contributed by atoms with Gasteiger partial charge in [-0.1, -0.05) is 69.6 Å². The molecule has 1 aromatic heterocycles. The highest BCUT2D eigenvalue weighted by Crippen LogP contribution is 2.62. The molecule has 0 amide bonds. The summed E-state index contributed by atoms with van der Waals surface area (Å²) >= 11 is 5.92. The second kappa shape index (κ2) is 9.58. The average molecular weight is 479 g/mol. The number of Topliss-reactive ketones (excluding diaryl/α,β-unsaturated/α-hetero) is 1. The number of fused-ring (bicyclic) bond motifs is 2. The Morgan fingerprint density at radius 3 is 2.21 bits per heavy atom. The van der Waals surface area contributed by atoms with Crippen LogP contribution in [-0.2, 0) is 6.54 Å². The maximum atomic E-state index is 12.6. The zero-order valence-electron chi connectivity index (χ0n) is 20.8. The molecule has 0 radical (unpaired) electrons. The van der Waals surface area contributed by atoms with Crippen LogP contribution in [0.4, 0.5) is 0 Å². The van der Waals surface area contributed by atoms with E-state index >= 15 is 0 Å². The molecule has 5 heteroatoms. The van der Waals surface area contributed by atoms with Crippen molar-refractivity contribution in [2.24, 2.45) is 29.1 Å². The summed E-state index contributed by atoms with van der Waals surface area (Å²) in [7, 11) is 0. The summed E-state index contributed by atoms with van der Waals surface area (Å²) in [6.45, 7) is 11.7. The summed E-state index contributed by atoms with van der Waals surface area (Å²) in [4.78, 5) is 24.3. The first-order valence-electron chi connectivity index (χ1n) is 12.2. The molecule has 34 heavy (non-hydrogen) atoms. The van der Waals surface area contributed by atoms with E-state index in [4.69, 9.17) is 11.6 Å². The Hall–Kier alpha value is -2.59. The zero-order valence-corrected chi connectivity index (χ0v) is 21.5. The summed E-state index contributed by atoms with van der Waals surface area (Å²) in [5.41, 5.74) is 2.25. The topological polar surface area (TPSA) is 44.0 Å². The first kappa shape index (κ1) is 24.5. The van der Waals surface area contributed by atoms with E-state index in [-0.39, 0.29) is 16.9 Å². The number of nitrogens with zero attached hydrogens (tertiary/aromatic N) is 2. The van der Waals surface area contributed by atoms with E-state index in [9.17, 15) is 9.59 Å². The first-order chi connectivity index (χ1) is 16.1. The second-order valence-corrected chi connectivity index (χ2v) is 11.1. The predicted octanol–water partition coefficient (Wildman–Crippen LogP) is 6.87. The van der Waals surface area contributed by atoms with Gasteiger partial charge in [-0.05, 0) is 78.7 Å². The van der Waals surface area contributed by atoms with Gasteiger partial charge >= 0.3 is 0 Å². The van der Waals surface area contributed by atoms with Crippen LogP contribution in [0, 0.1) is 29.1 Å². The minimum absolute atomic E-state index is 0.177. The molecule has 0 spiro atoms. The lowest BCUT2D eigenvalue weighted by atomic mass is 9.44. The van der Waals surface area contributed by atoms with Crippen molar-refractivity contribution < 1.29 is 4.79 Å². The molecule has 0 saturated heterocycles. The number of benzene rings is 2. The molecule has 2 bridgehead atoms. The van der Waals surface area contributed by atoms with Crippen LogP contribution in [0.1, 0.15) is 63.4 Å². The third-order valence-electron chi connectivity index (χ3n) is 8.33. The Bertz CT molecular complexity index is 1210. The molecule has 4 atom stereocenters. The molecule has 3 aliphatic carbocycles. The lowest BCUT2D eigenvalue weighted by Gasteiger charge is -2.61. The van der Waals surface area contributed by atoms with Gasteiger partial charge in [0.05, 0.1) is 12.2 Å². The smallest absolute Gasteiger partial charge is 0.282 e. The maximum Gasteiger partial charge on any atom is 0.282 e. The number of rotatable bonds is 4. The molecule has 3 aromatic rings. The van der Waals surface area contributed by atoms with Gasteiger partial charge in [-0.25, -0.2) is 4.68 Å². The van der Waals surface area contributed by atoms with Gasteiger partial charge in [0, 0.05) is 11.2 Å². The van der Waals surface area contributed by atoms with E-state index in [1.807, 2.05) is 30.3 Å². The molecule has 3 fully saturated rings. The van der Waals surface area contributed by atoms with E-state index in [0.29, 0.717) is 22.7 Å². The third kappa shape index (κ3) is 4.65. The lowest BCUT2D eigenvalue weighted by Crippen LogP contribution is -2.54. The standard InChI is InChI=1S/C18H15ClN2O2.C11H20/c1-13(22)17-12-20(11-14-5-3-2-4-6-14)21(18(17)23)16-9-7-15(19)8-10-16;1-7-5-9-6-10(8(7)2)11(9,3)4/h2-10,12H,11H2,1H3;7-10H,5-6H2,1-4H3/t;7-,8?,9?,10?/m.1/s1.